The summed E-state index contributed by atoms with van der Waals surface area (Å²) in [7, 11) is 0. The van der Waals surface area contributed by atoms with Crippen molar-refractivity contribution in [1.29, 1.82) is 0 Å². The molecule has 0 aliphatic heterocycles. The number of hydrogen-bond acceptors (Lipinski definition) is 0. The molecule has 0 saturated heterocycles. The maximum absolute atomic E-state index is 2.30. The van der Waals surface area contributed by atoms with Gasteiger partial charge in [0.15, 0.2) is 0 Å². The van der Waals surface area contributed by atoms with Crippen LogP contribution in [-0.2, 0) is 0 Å². The van der Waals surface area contributed by atoms with E-state index in [1.54, 1.807) is 5.57 Å². The van der Waals surface area contributed by atoms with Crippen LogP contribution in [0, 0.1) is 5.92 Å². The van der Waals surface area contributed by atoms with Crippen molar-refractivity contribution in [3.63, 3.8) is 0 Å². The largest absolute Gasteiger partial charge is 0.0818 e. The molecular formula is C13H24. The highest BCUT2D eigenvalue weighted by molar-refractivity contribution is 5.14. The van der Waals surface area contributed by atoms with Crippen LogP contribution in [0.5, 0.6) is 0 Å². The summed E-state index contributed by atoms with van der Waals surface area (Å²) in [5.74, 6) is 0.779. The van der Waals surface area contributed by atoms with Gasteiger partial charge in [0.2, 0.25) is 0 Å². The van der Waals surface area contributed by atoms with E-state index in [0.717, 1.165) is 12.3 Å². The van der Waals surface area contributed by atoms with Crippen molar-refractivity contribution >= 4 is 0 Å². The molecule has 0 heterocycles. The van der Waals surface area contributed by atoms with Gasteiger partial charge in [-0.3, -0.25) is 0 Å². The first kappa shape index (κ1) is 12.5. The molecular weight excluding hydrogens is 156 g/mol. The van der Waals surface area contributed by atoms with Gasteiger partial charge in [0, 0.05) is 0 Å². The Labute approximate surface area is 83.7 Å². The summed E-state index contributed by atoms with van der Waals surface area (Å²) in [6.45, 7) is 13.4. The molecule has 0 rings (SSSR count). The van der Waals surface area contributed by atoms with Crippen LogP contribution in [0.1, 0.15) is 54.4 Å². The van der Waals surface area contributed by atoms with Gasteiger partial charge >= 0.3 is 0 Å². The van der Waals surface area contributed by atoms with Crippen LogP contribution in [0.15, 0.2) is 22.8 Å². The lowest BCUT2D eigenvalue weighted by molar-refractivity contribution is 0.637. The van der Waals surface area contributed by atoms with E-state index >= 15 is 0 Å². The molecule has 0 amide bonds. The smallest absolute Gasteiger partial charge is 0.0137 e. The minimum atomic E-state index is 0.779. The van der Waals surface area contributed by atoms with Crippen molar-refractivity contribution in [2.75, 3.05) is 0 Å². The van der Waals surface area contributed by atoms with E-state index in [9.17, 15) is 0 Å². The van der Waals surface area contributed by atoms with E-state index in [2.05, 4.69) is 47.6 Å². The van der Waals surface area contributed by atoms with Crippen LogP contribution >= 0.6 is 0 Å². The van der Waals surface area contributed by atoms with Gasteiger partial charge in [0.25, 0.3) is 0 Å². The van der Waals surface area contributed by atoms with Crippen molar-refractivity contribution in [1.82, 2.24) is 0 Å². The van der Waals surface area contributed by atoms with Crippen LogP contribution in [-0.4, -0.2) is 0 Å². The van der Waals surface area contributed by atoms with Crippen molar-refractivity contribution in [3.8, 4) is 0 Å². The number of hydrogen-bond donors (Lipinski definition) is 0. The molecule has 0 heteroatoms. The molecule has 0 aliphatic rings. The fourth-order valence-corrected chi connectivity index (χ4v) is 1.32. The average molecular weight is 180 g/mol. The molecule has 0 radical (unpaired) electrons. The van der Waals surface area contributed by atoms with Crippen LogP contribution in [0.2, 0.25) is 0 Å². The van der Waals surface area contributed by atoms with Gasteiger partial charge in [0.1, 0.15) is 0 Å². The Balaban J connectivity index is 4.19. The number of allylic oxidation sites excluding steroid dienone is 4. The molecule has 0 atom stereocenters. The highest BCUT2D eigenvalue weighted by atomic mass is 14.0. The van der Waals surface area contributed by atoms with E-state index in [-0.39, 0.29) is 0 Å². The van der Waals surface area contributed by atoms with Gasteiger partial charge in [-0.1, -0.05) is 36.6 Å². The molecule has 0 spiro atoms. The molecule has 0 aromatic carbocycles. The van der Waals surface area contributed by atoms with Crippen molar-refractivity contribution in [2.45, 2.75) is 54.4 Å². The third kappa shape index (κ3) is 6.62. The van der Waals surface area contributed by atoms with Gasteiger partial charge in [0.05, 0.1) is 0 Å². The zero-order chi connectivity index (χ0) is 10.4. The highest BCUT2D eigenvalue weighted by Crippen LogP contribution is 2.17. The second kappa shape index (κ2) is 6.01. The third-order valence-corrected chi connectivity index (χ3v) is 2.26. The molecule has 13 heavy (non-hydrogen) atoms. The highest BCUT2D eigenvalue weighted by Gasteiger charge is 1.99. The predicted octanol–water partition coefficient (Wildman–Crippen LogP) is 4.73. The first-order valence-electron chi connectivity index (χ1n) is 5.22. The minimum Gasteiger partial charge on any atom is -0.0818 e. The van der Waals surface area contributed by atoms with Crippen molar-refractivity contribution < 1.29 is 0 Å². The summed E-state index contributed by atoms with van der Waals surface area (Å²) in [4.78, 5) is 0. The summed E-state index contributed by atoms with van der Waals surface area (Å²) in [5.41, 5.74) is 4.51. The SMILES string of the molecule is CC(C)=CCC(C)=C(C)CC(C)C. The Morgan fingerprint density at radius 1 is 1.00 bits per heavy atom. The lowest BCUT2D eigenvalue weighted by Gasteiger charge is -2.08. The van der Waals surface area contributed by atoms with Gasteiger partial charge in [-0.25, -0.2) is 0 Å². The Hall–Kier alpha value is -0.520. The summed E-state index contributed by atoms with van der Waals surface area (Å²) in [5, 5.41) is 0. The molecule has 0 aromatic heterocycles. The molecule has 0 nitrogen and oxygen atoms in total. The van der Waals surface area contributed by atoms with Crippen molar-refractivity contribution in [3.05, 3.63) is 22.8 Å². The Bertz CT molecular complexity index is 200. The zero-order valence-electron chi connectivity index (χ0n) is 10.1. The van der Waals surface area contributed by atoms with Gasteiger partial charge in [-0.05, 0) is 46.5 Å². The first-order chi connectivity index (χ1) is 5.93. The molecule has 0 fully saturated rings. The second-order valence-corrected chi connectivity index (χ2v) is 4.64. The standard InChI is InChI=1S/C13H24/c1-10(2)7-8-12(5)13(6)9-11(3)4/h7,11H,8-9H2,1-6H3. The Morgan fingerprint density at radius 2 is 1.54 bits per heavy atom. The maximum atomic E-state index is 2.30. The topological polar surface area (TPSA) is 0 Å². The van der Waals surface area contributed by atoms with E-state index in [1.165, 1.54) is 17.6 Å². The van der Waals surface area contributed by atoms with Gasteiger partial charge in [-0.15, -0.1) is 0 Å². The quantitative estimate of drug-likeness (QED) is 0.549. The van der Waals surface area contributed by atoms with Crippen LogP contribution in [0.25, 0.3) is 0 Å². The lowest BCUT2D eigenvalue weighted by atomic mass is 9.98. The van der Waals surface area contributed by atoms with Crippen molar-refractivity contribution in [2.24, 2.45) is 5.92 Å². The van der Waals surface area contributed by atoms with E-state index < -0.39 is 0 Å². The van der Waals surface area contributed by atoms with Crippen LogP contribution in [0.4, 0.5) is 0 Å². The molecule has 0 aromatic rings. The molecule has 0 aliphatic carbocycles. The molecule has 0 N–H and O–H groups in total. The second-order valence-electron chi connectivity index (χ2n) is 4.64. The van der Waals surface area contributed by atoms with Crippen LogP contribution in [0.3, 0.4) is 0 Å². The lowest BCUT2D eigenvalue weighted by Crippen LogP contribution is -1.91. The zero-order valence-corrected chi connectivity index (χ0v) is 10.1. The minimum absolute atomic E-state index is 0.779. The normalized spacial score (nSPS) is 12.8. The van der Waals surface area contributed by atoms with E-state index in [1.807, 2.05) is 0 Å². The predicted molar refractivity (Wildman–Crippen MR) is 61.9 cm³/mol. The van der Waals surface area contributed by atoms with E-state index in [4.69, 9.17) is 0 Å². The number of rotatable bonds is 4. The maximum Gasteiger partial charge on any atom is -0.0137 e. The monoisotopic (exact) mass is 180 g/mol. The first-order valence-corrected chi connectivity index (χ1v) is 5.22. The fraction of sp³-hybridized carbons (Fsp3) is 0.692. The molecule has 0 bridgehead atoms. The Morgan fingerprint density at radius 3 is 1.92 bits per heavy atom. The Kier molecular flexibility index (Phi) is 5.77. The third-order valence-electron chi connectivity index (χ3n) is 2.26. The van der Waals surface area contributed by atoms with Crippen LogP contribution < -0.4 is 0 Å². The molecule has 76 valence electrons. The van der Waals surface area contributed by atoms with Gasteiger partial charge < -0.3 is 0 Å². The molecule has 0 saturated carbocycles. The summed E-state index contributed by atoms with van der Waals surface area (Å²) >= 11 is 0. The summed E-state index contributed by atoms with van der Waals surface area (Å²) < 4.78 is 0. The summed E-state index contributed by atoms with van der Waals surface area (Å²) in [6.07, 6.45) is 4.67. The van der Waals surface area contributed by atoms with Gasteiger partial charge in [-0.2, -0.15) is 0 Å². The van der Waals surface area contributed by atoms with E-state index in [0.29, 0.717) is 0 Å². The summed E-state index contributed by atoms with van der Waals surface area (Å²) in [6, 6.07) is 0. The average Bonchev–Trinajstić information content (AvgIpc) is 1.98. The molecule has 0 unspecified atom stereocenters. The fourth-order valence-electron chi connectivity index (χ4n) is 1.32.